The van der Waals surface area contributed by atoms with Gasteiger partial charge in [-0.25, -0.2) is 4.79 Å². The number of hydrogen-bond donors (Lipinski definition) is 0. The first-order chi connectivity index (χ1) is 48.5. The summed E-state index contributed by atoms with van der Waals surface area (Å²) in [6.45, 7) is 31.3. The predicted octanol–water partition coefficient (Wildman–Crippen LogP) is 23.7. The zero-order valence-corrected chi connectivity index (χ0v) is 69.1. The molecule has 0 spiro atoms. The molecule has 0 fully saturated rings. The number of ether oxygens (including phenoxy) is 6. The van der Waals surface area contributed by atoms with Crippen LogP contribution in [0.2, 0.25) is 0 Å². The van der Waals surface area contributed by atoms with E-state index in [-0.39, 0.29) is 88.9 Å². The Morgan fingerprint density at radius 3 is 0.913 bits per heavy atom. The minimum atomic E-state index is -0.782. The Bertz CT molecular complexity index is 2720. The van der Waals surface area contributed by atoms with Crippen LogP contribution in [-0.2, 0) is 71.6 Å². The predicted molar refractivity (Wildman–Crippen MR) is 431 cm³/mol. The highest BCUT2D eigenvalue weighted by atomic mass is 32.2. The quantitative estimate of drug-likeness (QED) is 0.0239. The molecule has 0 unspecified atom stereocenters. The Balaban J connectivity index is 0.00000126. The van der Waals surface area contributed by atoms with E-state index in [0.717, 1.165) is 89.9 Å². The minimum Gasteiger partial charge on any atom is -0.489 e. The van der Waals surface area contributed by atoms with Crippen LogP contribution in [0.1, 0.15) is 348 Å². The summed E-state index contributed by atoms with van der Waals surface area (Å²) >= 11 is 6.41. The van der Waals surface area contributed by atoms with Gasteiger partial charge in [0, 0.05) is 57.1 Å². The first kappa shape index (κ1) is 98.7. The lowest BCUT2D eigenvalue weighted by molar-refractivity contribution is -0.140. The van der Waals surface area contributed by atoms with Gasteiger partial charge in [0.05, 0.1) is 23.7 Å². The Hall–Kier alpha value is -4.31. The molecular formula is C82H134O16S5. The third kappa shape index (κ3) is 42.1. The third-order valence-electron chi connectivity index (χ3n) is 18.0. The average Bonchev–Trinajstić information content (AvgIpc) is 1.70. The molecule has 5 atom stereocenters. The van der Waals surface area contributed by atoms with Crippen molar-refractivity contribution in [2.75, 3.05) is 13.2 Å². The fraction of sp³-hybridized carbons (Fsp3) is 0.732. The monoisotopic (exact) mass is 1530 g/mol. The number of rotatable bonds is 47. The Kier molecular flexibility index (Phi) is 53.7. The van der Waals surface area contributed by atoms with Crippen molar-refractivity contribution in [2.24, 2.45) is 0 Å². The van der Waals surface area contributed by atoms with E-state index in [4.69, 9.17) is 28.4 Å². The zero-order valence-electron chi connectivity index (χ0n) is 65.0. The number of hydrogen-bond acceptors (Lipinski definition) is 21. The van der Waals surface area contributed by atoms with E-state index < -0.39 is 10.9 Å². The summed E-state index contributed by atoms with van der Waals surface area (Å²) in [5.41, 5.74) is 0. The molecule has 0 N–H and O–H groups in total. The number of carbonyl (C=O) groups is 10. The molecular weight excluding hydrogens is 1400 g/mol. The van der Waals surface area contributed by atoms with E-state index in [1.54, 1.807) is 13.0 Å². The van der Waals surface area contributed by atoms with Crippen LogP contribution in [0.4, 0.5) is 4.79 Å². The normalized spacial score (nSPS) is 21.5. The number of carbonyl (C=O) groups excluding carboxylic acids is 10. The third-order valence-corrected chi connectivity index (χ3v) is 23.9. The Labute approximate surface area is 643 Å². The van der Waals surface area contributed by atoms with E-state index in [1.807, 2.05) is 27.7 Å². The number of Topliss-reactive ketones (excluding diaryl/α,β-unsaturated/α-hetero) is 1. The topological polar surface area (TPSA) is 226 Å². The standard InChI is InChI=1S/C18H30O3S.C17H26O4S.C16H26O3S.2C15H24O3S.CH4/c1-4-6-8-10-12-18(3)16(13-17(20)22-18)21-14-15(19)11-9-7-5-2;1-4-6-7-8-9-10-11-17(3)14(13-15(18)22-17)21-16(19)20-12-5-2;1-4-6-7-8-9-10-11-16(3)13(12-15(18)20-16)19-14(17)5-2;2*1-4-5-6-7-8-9-10-15(3)13(18-12(2)16)11-14(17)19-15;/h13H,4-12,14H2,1-3H3;5,13H,2,4,6-12H2,1,3H3;12H,4-11H2,1-3H3;2*11H,4-10H2,1-3H3;1H4/t18-;17-;16-;2*15-;/m11111./s1. The first-order valence-electron chi connectivity index (χ1n) is 38.4. The molecule has 0 radical (unpaired) electrons. The average molecular weight is 1540 g/mol. The van der Waals surface area contributed by atoms with Gasteiger partial charge in [-0.1, -0.05) is 320 Å². The van der Waals surface area contributed by atoms with Gasteiger partial charge in [-0.05, 0) is 73.1 Å². The van der Waals surface area contributed by atoms with Crippen molar-refractivity contribution in [3.63, 3.8) is 0 Å². The molecule has 5 aliphatic heterocycles. The van der Waals surface area contributed by atoms with Crippen molar-refractivity contribution >= 4 is 114 Å². The van der Waals surface area contributed by atoms with Gasteiger partial charge < -0.3 is 28.4 Å². The fourth-order valence-electron chi connectivity index (χ4n) is 11.8. The molecule has 16 nitrogen and oxygen atoms in total. The summed E-state index contributed by atoms with van der Waals surface area (Å²) in [7, 11) is 0. The second kappa shape index (κ2) is 56.0. The highest BCUT2D eigenvalue weighted by Gasteiger charge is 2.44. The maximum atomic E-state index is 11.8. The van der Waals surface area contributed by atoms with Crippen LogP contribution in [0.3, 0.4) is 0 Å². The van der Waals surface area contributed by atoms with Crippen LogP contribution < -0.4 is 0 Å². The highest BCUT2D eigenvalue weighted by Crippen LogP contribution is 2.48. The maximum Gasteiger partial charge on any atom is 0.513 e. The second-order valence-electron chi connectivity index (χ2n) is 27.9. The van der Waals surface area contributed by atoms with Crippen molar-refractivity contribution < 1.29 is 76.4 Å². The lowest BCUT2D eigenvalue weighted by atomic mass is 9.99. The lowest BCUT2D eigenvalue weighted by Gasteiger charge is -2.25. The molecule has 0 bridgehead atoms. The van der Waals surface area contributed by atoms with Crippen molar-refractivity contribution in [3.8, 4) is 0 Å². The van der Waals surface area contributed by atoms with Crippen LogP contribution in [-0.4, -0.2) is 92.4 Å². The van der Waals surface area contributed by atoms with Crippen molar-refractivity contribution in [1.82, 2.24) is 0 Å². The van der Waals surface area contributed by atoms with Gasteiger partial charge in [0.1, 0.15) is 42.0 Å². The van der Waals surface area contributed by atoms with Crippen LogP contribution >= 0.6 is 58.8 Å². The van der Waals surface area contributed by atoms with E-state index in [0.29, 0.717) is 41.6 Å². The van der Waals surface area contributed by atoms with E-state index >= 15 is 0 Å². The molecule has 5 heterocycles. The molecule has 0 aromatic rings. The maximum absolute atomic E-state index is 11.8. The minimum absolute atomic E-state index is 0. The Morgan fingerprint density at radius 2 is 0.621 bits per heavy atom. The lowest BCUT2D eigenvalue weighted by Crippen LogP contribution is -2.24. The van der Waals surface area contributed by atoms with E-state index in [9.17, 15) is 47.9 Å². The molecule has 588 valence electrons. The number of thioether (sulfide) groups is 5. The largest absolute Gasteiger partial charge is 0.513 e. The van der Waals surface area contributed by atoms with Gasteiger partial charge in [0.15, 0.2) is 5.78 Å². The number of esters is 3. The summed E-state index contributed by atoms with van der Waals surface area (Å²) in [6.07, 6.45) is 50.3. The number of ketones is 1. The smallest absolute Gasteiger partial charge is 0.489 e. The van der Waals surface area contributed by atoms with Gasteiger partial charge in [0.2, 0.25) is 25.6 Å². The fourth-order valence-corrected chi connectivity index (χ4v) is 17.1. The molecule has 0 amide bonds. The summed E-state index contributed by atoms with van der Waals surface area (Å²) in [5.74, 6) is 1.88. The molecule has 0 aromatic heterocycles. The van der Waals surface area contributed by atoms with E-state index in [2.05, 4.69) is 55.0 Å². The SMILES string of the molecule is C.C=CCOC(=O)OC1=CC(=O)S[C@]1(C)CCCCCCCC.CCCCCCCC[C@@]1(C)SC(=O)C=C1OC(=O)CC.CCCCCCCC[C@@]1(C)SC(=O)C=C1OC(C)=O.CCCCCCCC[C@@]1(C)SC(=O)C=C1OC(C)=O.CCCCCC[C@@]1(C)SC(=O)C=C1OCC(=O)CCCCC. The molecule has 0 saturated carbocycles. The first-order valence-corrected chi connectivity index (χ1v) is 42.5. The van der Waals surface area contributed by atoms with Crippen LogP contribution in [0.15, 0.2) is 71.8 Å². The summed E-state index contributed by atoms with van der Waals surface area (Å²) in [6, 6.07) is 0. The molecule has 0 aromatic carbocycles. The summed E-state index contributed by atoms with van der Waals surface area (Å²) in [4.78, 5) is 115. The molecule has 0 aliphatic carbocycles. The van der Waals surface area contributed by atoms with Crippen molar-refractivity contribution in [2.45, 2.75) is 372 Å². The van der Waals surface area contributed by atoms with Crippen LogP contribution in [0, 0.1) is 0 Å². The van der Waals surface area contributed by atoms with Gasteiger partial charge in [-0.15, -0.1) is 0 Å². The highest BCUT2D eigenvalue weighted by molar-refractivity contribution is 8.16. The van der Waals surface area contributed by atoms with Crippen LogP contribution in [0.5, 0.6) is 0 Å². The molecule has 21 heteroatoms. The van der Waals surface area contributed by atoms with Crippen molar-refractivity contribution in [3.05, 3.63) is 71.8 Å². The van der Waals surface area contributed by atoms with Gasteiger partial charge >= 0.3 is 24.1 Å². The molecule has 0 saturated heterocycles. The van der Waals surface area contributed by atoms with E-state index in [1.165, 1.54) is 244 Å². The molecule has 5 rings (SSSR count). The van der Waals surface area contributed by atoms with Gasteiger partial charge in [-0.3, -0.25) is 43.2 Å². The Morgan fingerprint density at radius 1 is 0.369 bits per heavy atom. The molecule has 5 aliphatic rings. The summed E-state index contributed by atoms with van der Waals surface area (Å²) in [5, 5.41) is -0.0433. The number of unbranched alkanes of at least 4 members (excludes halogenated alkanes) is 25. The van der Waals surface area contributed by atoms with Gasteiger partial charge in [-0.2, -0.15) is 0 Å². The summed E-state index contributed by atoms with van der Waals surface area (Å²) < 4.78 is 29.6. The zero-order chi connectivity index (χ0) is 76.5. The van der Waals surface area contributed by atoms with Crippen molar-refractivity contribution in [1.29, 1.82) is 0 Å². The van der Waals surface area contributed by atoms with Crippen LogP contribution in [0.25, 0.3) is 0 Å². The second-order valence-corrected chi connectivity index (χ2v) is 35.5. The van der Waals surface area contributed by atoms with Gasteiger partial charge in [0.25, 0.3) is 0 Å². The molecule has 103 heavy (non-hydrogen) atoms.